The summed E-state index contributed by atoms with van der Waals surface area (Å²) in [6.07, 6.45) is 2.44. The highest BCUT2D eigenvalue weighted by atomic mass is 32.2. The van der Waals surface area contributed by atoms with Crippen molar-refractivity contribution in [3.05, 3.63) is 29.8 Å². The Kier molecular flexibility index (Phi) is 8.12. The molecule has 0 bridgehead atoms. The second-order valence-corrected chi connectivity index (χ2v) is 7.51. The molecule has 2 N–H and O–H groups in total. The summed E-state index contributed by atoms with van der Waals surface area (Å²) in [5, 5.41) is 5.86. The molecule has 6 heteroatoms. The number of amides is 1. The van der Waals surface area contributed by atoms with Crippen molar-refractivity contribution in [1.82, 2.24) is 5.32 Å². The Bertz CT molecular complexity index is 571. The third kappa shape index (κ3) is 7.56. The molecule has 0 atom stereocenters. The Balaban J connectivity index is 2.54. The minimum atomic E-state index is -3.32. The number of sulfone groups is 1. The third-order valence-corrected chi connectivity index (χ3v) is 4.81. The van der Waals surface area contributed by atoms with Crippen LogP contribution >= 0.6 is 0 Å². The topological polar surface area (TPSA) is 75.3 Å². The summed E-state index contributed by atoms with van der Waals surface area (Å²) in [6.45, 7) is 5.62. The van der Waals surface area contributed by atoms with Gasteiger partial charge in [-0.25, -0.2) is 8.42 Å². The molecule has 0 saturated heterocycles. The van der Waals surface area contributed by atoms with E-state index in [0.717, 1.165) is 31.5 Å². The molecule has 22 heavy (non-hydrogen) atoms. The van der Waals surface area contributed by atoms with Crippen LogP contribution in [0.4, 0.5) is 5.69 Å². The molecular weight excluding hydrogens is 300 g/mol. The monoisotopic (exact) mass is 326 g/mol. The number of rotatable bonds is 10. The van der Waals surface area contributed by atoms with E-state index in [9.17, 15) is 13.2 Å². The summed E-state index contributed by atoms with van der Waals surface area (Å²) in [6, 6.07) is 7.42. The van der Waals surface area contributed by atoms with Crippen LogP contribution in [-0.2, 0) is 21.2 Å². The number of carbonyl (C=O) groups excluding carboxylic acids is 1. The Morgan fingerprint density at radius 3 is 2.64 bits per heavy atom. The Hall–Kier alpha value is -1.40. The van der Waals surface area contributed by atoms with Crippen LogP contribution in [0.5, 0.6) is 0 Å². The maximum atomic E-state index is 11.9. The molecular formula is C16H26N2O3S. The highest BCUT2D eigenvalue weighted by molar-refractivity contribution is 7.92. The summed E-state index contributed by atoms with van der Waals surface area (Å²) in [4.78, 5) is 11.9. The van der Waals surface area contributed by atoms with E-state index in [1.807, 2.05) is 32.0 Å². The van der Waals surface area contributed by atoms with E-state index in [4.69, 9.17) is 0 Å². The van der Waals surface area contributed by atoms with Crippen molar-refractivity contribution < 1.29 is 13.2 Å². The molecule has 0 unspecified atom stereocenters. The molecule has 0 saturated carbocycles. The summed E-state index contributed by atoms with van der Waals surface area (Å²) in [7, 11) is -3.32. The average Bonchev–Trinajstić information content (AvgIpc) is 2.45. The molecule has 1 rings (SSSR count). The predicted octanol–water partition coefficient (Wildman–Crippen LogP) is 2.34. The number of nitrogens with one attached hydrogen (secondary N) is 2. The number of unbranched alkanes of at least 4 members (excludes halogenated alkanes) is 2. The van der Waals surface area contributed by atoms with Gasteiger partial charge < -0.3 is 10.6 Å². The van der Waals surface area contributed by atoms with Crippen molar-refractivity contribution in [2.45, 2.75) is 39.7 Å². The van der Waals surface area contributed by atoms with Gasteiger partial charge in [-0.2, -0.15) is 0 Å². The molecule has 1 aromatic rings. The first-order valence-corrected chi connectivity index (χ1v) is 9.59. The normalized spacial score (nSPS) is 11.4. The molecule has 124 valence electrons. The van der Waals surface area contributed by atoms with Crippen LogP contribution in [0.15, 0.2) is 24.3 Å². The van der Waals surface area contributed by atoms with E-state index in [2.05, 4.69) is 10.6 Å². The largest absolute Gasteiger partial charge is 0.325 e. The van der Waals surface area contributed by atoms with Gasteiger partial charge in [-0.3, -0.25) is 4.79 Å². The highest BCUT2D eigenvalue weighted by Gasteiger charge is 2.16. The van der Waals surface area contributed by atoms with Gasteiger partial charge in [-0.15, -0.1) is 0 Å². The van der Waals surface area contributed by atoms with E-state index in [0.29, 0.717) is 12.1 Å². The number of hydrogen-bond donors (Lipinski definition) is 2. The first-order valence-electron chi connectivity index (χ1n) is 7.76. The number of anilines is 1. The van der Waals surface area contributed by atoms with Crippen molar-refractivity contribution in [1.29, 1.82) is 0 Å². The zero-order chi connectivity index (χ0) is 16.4. The van der Waals surface area contributed by atoms with Crippen LogP contribution in [0.2, 0.25) is 0 Å². The maximum absolute atomic E-state index is 11.9. The van der Waals surface area contributed by atoms with Crippen molar-refractivity contribution in [2.24, 2.45) is 0 Å². The van der Waals surface area contributed by atoms with Gasteiger partial charge in [0.1, 0.15) is 5.75 Å². The van der Waals surface area contributed by atoms with Crippen molar-refractivity contribution in [3.8, 4) is 0 Å². The summed E-state index contributed by atoms with van der Waals surface area (Å²) in [5.74, 6) is -0.847. The van der Waals surface area contributed by atoms with Crippen LogP contribution in [0.25, 0.3) is 0 Å². The van der Waals surface area contributed by atoms with Gasteiger partial charge in [0, 0.05) is 12.2 Å². The minimum Gasteiger partial charge on any atom is -0.325 e. The summed E-state index contributed by atoms with van der Waals surface area (Å²) in [5.41, 5.74) is 1.68. The van der Waals surface area contributed by atoms with E-state index >= 15 is 0 Å². The number of hydrogen-bond acceptors (Lipinski definition) is 4. The van der Waals surface area contributed by atoms with Gasteiger partial charge in [-0.1, -0.05) is 38.8 Å². The third-order valence-electron chi connectivity index (χ3n) is 3.20. The fourth-order valence-electron chi connectivity index (χ4n) is 2.07. The van der Waals surface area contributed by atoms with Gasteiger partial charge in [0.2, 0.25) is 5.91 Å². The van der Waals surface area contributed by atoms with Crippen molar-refractivity contribution in [2.75, 3.05) is 23.4 Å². The SMILES string of the molecule is CCCCCS(=O)(=O)CC(=O)Nc1cccc(CNCC)c1. The highest BCUT2D eigenvalue weighted by Crippen LogP contribution is 2.11. The lowest BCUT2D eigenvalue weighted by Crippen LogP contribution is -2.24. The molecule has 0 aromatic heterocycles. The molecule has 0 heterocycles. The minimum absolute atomic E-state index is 0.0781. The molecule has 0 radical (unpaired) electrons. The second-order valence-electron chi connectivity index (χ2n) is 5.33. The van der Waals surface area contributed by atoms with Gasteiger partial charge >= 0.3 is 0 Å². The predicted molar refractivity (Wildman–Crippen MR) is 90.6 cm³/mol. The van der Waals surface area contributed by atoms with Gasteiger partial charge in [0.25, 0.3) is 0 Å². The molecule has 0 aliphatic carbocycles. The number of carbonyl (C=O) groups is 1. The zero-order valence-corrected chi connectivity index (χ0v) is 14.2. The lowest BCUT2D eigenvalue weighted by Gasteiger charge is -2.08. The van der Waals surface area contributed by atoms with Gasteiger partial charge in [0.05, 0.1) is 5.75 Å². The van der Waals surface area contributed by atoms with E-state index in [1.165, 1.54) is 0 Å². The van der Waals surface area contributed by atoms with Crippen molar-refractivity contribution in [3.63, 3.8) is 0 Å². The smallest absolute Gasteiger partial charge is 0.239 e. The van der Waals surface area contributed by atoms with Crippen LogP contribution in [0.3, 0.4) is 0 Å². The van der Waals surface area contributed by atoms with Crippen LogP contribution in [0.1, 0.15) is 38.7 Å². The Morgan fingerprint density at radius 2 is 1.95 bits per heavy atom. The fraction of sp³-hybridized carbons (Fsp3) is 0.562. The lowest BCUT2D eigenvalue weighted by atomic mass is 10.2. The maximum Gasteiger partial charge on any atom is 0.239 e. The molecule has 1 aromatic carbocycles. The second kappa shape index (κ2) is 9.58. The van der Waals surface area contributed by atoms with E-state index < -0.39 is 21.5 Å². The standard InChI is InChI=1S/C16H26N2O3S/c1-3-5-6-10-22(20,21)13-16(19)18-15-9-7-8-14(11-15)12-17-4-2/h7-9,11,17H,3-6,10,12-13H2,1-2H3,(H,18,19). The Morgan fingerprint density at radius 1 is 1.18 bits per heavy atom. The first kappa shape index (κ1) is 18.6. The molecule has 5 nitrogen and oxygen atoms in total. The molecule has 0 aliphatic rings. The summed E-state index contributed by atoms with van der Waals surface area (Å²) < 4.78 is 23.7. The average molecular weight is 326 g/mol. The fourth-order valence-corrected chi connectivity index (χ4v) is 3.33. The van der Waals surface area contributed by atoms with Gasteiger partial charge in [-0.05, 0) is 30.7 Å². The van der Waals surface area contributed by atoms with E-state index in [-0.39, 0.29) is 5.75 Å². The van der Waals surface area contributed by atoms with E-state index in [1.54, 1.807) is 6.07 Å². The van der Waals surface area contributed by atoms with Crippen LogP contribution < -0.4 is 10.6 Å². The molecule has 0 fully saturated rings. The quantitative estimate of drug-likeness (QED) is 0.647. The van der Waals surface area contributed by atoms with Gasteiger partial charge in [0.15, 0.2) is 9.84 Å². The summed E-state index contributed by atoms with van der Waals surface area (Å²) >= 11 is 0. The van der Waals surface area contributed by atoms with Crippen LogP contribution in [0, 0.1) is 0 Å². The first-order chi connectivity index (χ1) is 10.5. The molecule has 1 amide bonds. The van der Waals surface area contributed by atoms with Crippen LogP contribution in [-0.4, -0.2) is 32.4 Å². The molecule has 0 aliphatic heterocycles. The Labute approximate surface area is 133 Å². The van der Waals surface area contributed by atoms with Crippen molar-refractivity contribution >= 4 is 21.4 Å². The molecule has 0 spiro atoms. The number of benzene rings is 1. The zero-order valence-electron chi connectivity index (χ0n) is 13.4. The lowest BCUT2D eigenvalue weighted by molar-refractivity contribution is -0.113.